The quantitative estimate of drug-likeness (QED) is 0.582. The zero-order valence-corrected chi connectivity index (χ0v) is 17.8. The third-order valence-electron chi connectivity index (χ3n) is 4.82. The number of carbonyl (C=O) groups excluding carboxylic acids is 1. The zero-order chi connectivity index (χ0) is 20.7. The van der Waals surface area contributed by atoms with Crippen LogP contribution in [0.4, 0.5) is 0 Å². The van der Waals surface area contributed by atoms with Crippen LogP contribution in [0.15, 0.2) is 48.5 Å². The van der Waals surface area contributed by atoms with Crippen molar-refractivity contribution in [3.8, 4) is 5.75 Å². The first kappa shape index (κ1) is 22.0. The van der Waals surface area contributed by atoms with Crippen LogP contribution >= 0.6 is 0 Å². The van der Waals surface area contributed by atoms with Crippen LogP contribution in [0, 0.1) is 0 Å². The maximum Gasteiger partial charge on any atom is 0.308 e. The Morgan fingerprint density at radius 1 is 1.04 bits per heavy atom. The first-order valence-electron chi connectivity index (χ1n) is 9.70. The van der Waals surface area contributed by atoms with Gasteiger partial charge in [-0.25, -0.2) is 0 Å². The Balaban J connectivity index is 2.25. The zero-order valence-electron chi connectivity index (χ0n) is 17.0. The second-order valence-corrected chi connectivity index (χ2v) is 8.68. The Kier molecular flexibility index (Phi) is 7.63. The lowest BCUT2D eigenvalue weighted by Crippen LogP contribution is -2.37. The van der Waals surface area contributed by atoms with Gasteiger partial charge in [-0.1, -0.05) is 38.1 Å². The summed E-state index contributed by atoms with van der Waals surface area (Å²) >= 11 is 0. The lowest BCUT2D eigenvalue weighted by Gasteiger charge is -2.29. The van der Waals surface area contributed by atoms with Crippen LogP contribution in [0.1, 0.15) is 55.6 Å². The molecule has 0 saturated carbocycles. The number of benzene rings is 2. The summed E-state index contributed by atoms with van der Waals surface area (Å²) in [6, 6.07) is 14.6. The molecule has 0 aliphatic heterocycles. The summed E-state index contributed by atoms with van der Waals surface area (Å²) in [5, 5.41) is 0. The molecule has 28 heavy (non-hydrogen) atoms. The Bertz CT molecular complexity index is 891. The van der Waals surface area contributed by atoms with Crippen molar-refractivity contribution in [2.75, 3.05) is 5.75 Å². The summed E-state index contributed by atoms with van der Waals surface area (Å²) in [4.78, 5) is 14.9. The van der Waals surface area contributed by atoms with Gasteiger partial charge in [0.2, 0.25) is 0 Å². The van der Waals surface area contributed by atoms with Crippen LogP contribution in [-0.4, -0.2) is 31.0 Å². The highest BCUT2D eigenvalue weighted by Gasteiger charge is 2.21. The van der Waals surface area contributed by atoms with E-state index in [4.69, 9.17) is 4.18 Å². The minimum atomic E-state index is -3.59. The molecular weight excluding hydrogens is 374 g/mol. The summed E-state index contributed by atoms with van der Waals surface area (Å²) in [6.45, 7) is 8.05. The Morgan fingerprint density at radius 2 is 1.71 bits per heavy atom. The van der Waals surface area contributed by atoms with E-state index in [9.17, 15) is 13.2 Å². The number of aryl methyl sites for hydroxylation is 1. The van der Waals surface area contributed by atoms with Crippen molar-refractivity contribution in [1.82, 2.24) is 4.90 Å². The van der Waals surface area contributed by atoms with Gasteiger partial charge in [0.25, 0.3) is 5.91 Å². The van der Waals surface area contributed by atoms with Gasteiger partial charge in [0.1, 0.15) is 5.75 Å². The molecule has 0 aromatic heterocycles. The number of hydrogen-bond donors (Lipinski definition) is 0. The van der Waals surface area contributed by atoms with E-state index >= 15 is 0 Å². The normalized spacial score (nSPS) is 12.4. The maximum atomic E-state index is 13.1. The molecule has 2 aromatic rings. The van der Waals surface area contributed by atoms with E-state index in [2.05, 4.69) is 6.92 Å². The molecule has 0 heterocycles. The largest absolute Gasteiger partial charge is 0.382 e. The van der Waals surface area contributed by atoms with Crippen molar-refractivity contribution < 1.29 is 17.4 Å². The fourth-order valence-corrected chi connectivity index (χ4v) is 3.31. The number of nitrogens with zero attached hydrogens (tertiary/aromatic N) is 1. The van der Waals surface area contributed by atoms with Crippen molar-refractivity contribution in [3.63, 3.8) is 0 Å². The molecule has 0 radical (unpaired) electrons. The van der Waals surface area contributed by atoms with E-state index in [0.717, 1.165) is 18.4 Å². The molecule has 0 aliphatic rings. The van der Waals surface area contributed by atoms with Crippen LogP contribution < -0.4 is 4.18 Å². The molecule has 6 heteroatoms. The smallest absolute Gasteiger partial charge is 0.308 e. The molecule has 0 bridgehead atoms. The van der Waals surface area contributed by atoms with Gasteiger partial charge in [-0.3, -0.25) is 4.79 Å². The molecule has 1 unspecified atom stereocenters. The van der Waals surface area contributed by atoms with E-state index < -0.39 is 10.1 Å². The summed E-state index contributed by atoms with van der Waals surface area (Å²) in [7, 11) is -3.59. The standard InChI is InChI=1S/C22H29NO4S/c1-5-17(4)23(22(24)20-13-11-18(6-2)12-14-20)16-19-9-8-10-21(15-19)27-28(25,26)7-3/h8-15,17H,5-7,16H2,1-4H3. The van der Waals surface area contributed by atoms with Crippen molar-refractivity contribution in [2.24, 2.45) is 0 Å². The van der Waals surface area contributed by atoms with E-state index in [1.807, 2.05) is 49.1 Å². The van der Waals surface area contributed by atoms with Crippen molar-refractivity contribution in [1.29, 1.82) is 0 Å². The lowest BCUT2D eigenvalue weighted by molar-refractivity contribution is 0.0671. The average molecular weight is 404 g/mol. The van der Waals surface area contributed by atoms with Gasteiger partial charge in [0.05, 0.1) is 5.75 Å². The Hall–Kier alpha value is -2.34. The highest BCUT2D eigenvalue weighted by atomic mass is 32.2. The molecule has 2 rings (SSSR count). The molecule has 1 amide bonds. The predicted molar refractivity (Wildman–Crippen MR) is 112 cm³/mol. The number of rotatable bonds is 9. The molecule has 5 nitrogen and oxygen atoms in total. The first-order valence-corrected chi connectivity index (χ1v) is 11.3. The third-order valence-corrected chi connectivity index (χ3v) is 5.97. The van der Waals surface area contributed by atoms with Crippen molar-refractivity contribution in [3.05, 3.63) is 65.2 Å². The SMILES string of the molecule is CCc1ccc(C(=O)N(Cc2cccc(OS(=O)(=O)CC)c2)C(C)CC)cc1. The van der Waals surface area contributed by atoms with Gasteiger partial charge < -0.3 is 9.08 Å². The van der Waals surface area contributed by atoms with Crippen LogP contribution in [0.2, 0.25) is 0 Å². The fourth-order valence-electron chi connectivity index (χ4n) is 2.79. The van der Waals surface area contributed by atoms with Gasteiger partial charge >= 0.3 is 10.1 Å². The molecule has 0 fully saturated rings. The van der Waals surface area contributed by atoms with Crippen molar-refractivity contribution in [2.45, 2.75) is 53.1 Å². The highest BCUT2D eigenvalue weighted by Crippen LogP contribution is 2.20. The number of amides is 1. The van der Waals surface area contributed by atoms with Crippen LogP contribution in [0.5, 0.6) is 5.75 Å². The number of hydrogen-bond acceptors (Lipinski definition) is 4. The summed E-state index contributed by atoms with van der Waals surface area (Å²) < 4.78 is 28.5. The van der Waals surface area contributed by atoms with Crippen LogP contribution in [0.25, 0.3) is 0 Å². The second-order valence-electron chi connectivity index (χ2n) is 6.82. The van der Waals surface area contributed by atoms with Gasteiger partial charge in [-0.2, -0.15) is 8.42 Å². The van der Waals surface area contributed by atoms with E-state index in [1.54, 1.807) is 18.2 Å². The maximum absolute atomic E-state index is 13.1. The second kappa shape index (κ2) is 9.73. The average Bonchev–Trinajstić information content (AvgIpc) is 2.71. The molecule has 152 valence electrons. The van der Waals surface area contributed by atoms with Gasteiger partial charge in [-0.05, 0) is 62.1 Å². The summed E-state index contributed by atoms with van der Waals surface area (Å²) in [5.41, 5.74) is 2.66. The molecule has 0 saturated heterocycles. The van der Waals surface area contributed by atoms with E-state index in [-0.39, 0.29) is 23.5 Å². The van der Waals surface area contributed by atoms with Gasteiger partial charge in [0.15, 0.2) is 0 Å². The monoisotopic (exact) mass is 403 g/mol. The molecule has 2 aromatic carbocycles. The topological polar surface area (TPSA) is 63.7 Å². The van der Waals surface area contributed by atoms with Gasteiger partial charge in [0, 0.05) is 18.2 Å². The lowest BCUT2D eigenvalue weighted by atomic mass is 10.1. The highest BCUT2D eigenvalue weighted by molar-refractivity contribution is 7.87. The summed E-state index contributed by atoms with van der Waals surface area (Å²) in [6.07, 6.45) is 1.75. The van der Waals surface area contributed by atoms with Crippen molar-refractivity contribution >= 4 is 16.0 Å². The first-order chi connectivity index (χ1) is 13.3. The summed E-state index contributed by atoms with van der Waals surface area (Å²) in [5.74, 6) is 0.135. The van der Waals surface area contributed by atoms with E-state index in [0.29, 0.717) is 12.1 Å². The Labute approximate surface area is 168 Å². The fraction of sp³-hybridized carbons (Fsp3) is 0.409. The van der Waals surface area contributed by atoms with Gasteiger partial charge in [-0.15, -0.1) is 0 Å². The van der Waals surface area contributed by atoms with Crippen LogP contribution in [-0.2, 0) is 23.1 Å². The minimum absolute atomic E-state index is 0.0375. The molecule has 1 atom stereocenters. The third kappa shape index (κ3) is 5.83. The Morgan fingerprint density at radius 3 is 2.29 bits per heavy atom. The molecular formula is C22H29NO4S. The molecule has 0 spiro atoms. The number of carbonyl (C=O) groups is 1. The molecule has 0 N–H and O–H groups in total. The minimum Gasteiger partial charge on any atom is -0.382 e. The molecule has 0 aliphatic carbocycles. The predicted octanol–water partition coefficient (Wildman–Crippen LogP) is 4.42. The van der Waals surface area contributed by atoms with Crippen LogP contribution in [0.3, 0.4) is 0 Å². The van der Waals surface area contributed by atoms with E-state index in [1.165, 1.54) is 12.5 Å².